The molecule has 2 heteroatoms. The number of para-hydroxylation sites is 4. The van der Waals surface area contributed by atoms with Gasteiger partial charge in [-0.05, 0) is 59.7 Å². The lowest BCUT2D eigenvalue weighted by molar-refractivity contribution is 1.17. The molecule has 0 amide bonds. The molecule has 0 spiro atoms. The summed E-state index contributed by atoms with van der Waals surface area (Å²) < 4.78 is 2.40. The van der Waals surface area contributed by atoms with Crippen molar-refractivity contribution >= 4 is 38.9 Å². The summed E-state index contributed by atoms with van der Waals surface area (Å²) in [4.78, 5) is 2.37. The standard InChI is InChI=1S/C36H26N2/c1-4-13-27(14-5-1)28-23-25-31(26-24-28)37(29-15-6-2-7-16-29)35-22-12-20-33-32-19-10-11-21-34(32)38(36(33)35)30-17-8-3-9-18-30/h1-26H. The van der Waals surface area contributed by atoms with Gasteiger partial charge in [0.05, 0.1) is 16.7 Å². The highest BCUT2D eigenvalue weighted by atomic mass is 15.2. The minimum atomic E-state index is 1.12. The predicted octanol–water partition coefficient (Wildman–Crippen LogP) is 9.92. The second-order valence-electron chi connectivity index (χ2n) is 9.45. The minimum Gasteiger partial charge on any atom is -0.308 e. The van der Waals surface area contributed by atoms with Crippen molar-refractivity contribution in [3.05, 3.63) is 158 Å². The first-order valence-electron chi connectivity index (χ1n) is 13.0. The van der Waals surface area contributed by atoms with E-state index in [0.717, 1.165) is 22.7 Å². The zero-order valence-corrected chi connectivity index (χ0v) is 20.9. The van der Waals surface area contributed by atoms with Gasteiger partial charge in [0.25, 0.3) is 0 Å². The smallest absolute Gasteiger partial charge is 0.0782 e. The topological polar surface area (TPSA) is 8.17 Å². The highest BCUT2D eigenvalue weighted by Gasteiger charge is 2.21. The molecule has 0 aliphatic heterocycles. The number of hydrogen-bond donors (Lipinski definition) is 0. The molecule has 0 atom stereocenters. The Labute approximate surface area is 222 Å². The Balaban J connectivity index is 1.50. The first-order chi connectivity index (χ1) is 18.9. The van der Waals surface area contributed by atoms with Crippen molar-refractivity contribution in [2.75, 3.05) is 4.90 Å². The Bertz CT molecular complexity index is 1840. The third kappa shape index (κ3) is 3.75. The third-order valence-corrected chi connectivity index (χ3v) is 7.18. The maximum Gasteiger partial charge on any atom is 0.0782 e. The quantitative estimate of drug-likeness (QED) is 0.235. The second kappa shape index (κ2) is 9.42. The van der Waals surface area contributed by atoms with E-state index in [1.165, 1.54) is 32.9 Å². The van der Waals surface area contributed by atoms with Crippen LogP contribution in [0.3, 0.4) is 0 Å². The van der Waals surface area contributed by atoms with Gasteiger partial charge in [-0.2, -0.15) is 0 Å². The van der Waals surface area contributed by atoms with Crippen LogP contribution < -0.4 is 4.90 Å². The van der Waals surface area contributed by atoms with Crippen molar-refractivity contribution in [3.63, 3.8) is 0 Å². The highest BCUT2D eigenvalue weighted by Crippen LogP contribution is 2.43. The van der Waals surface area contributed by atoms with Crippen LogP contribution in [-0.2, 0) is 0 Å². The third-order valence-electron chi connectivity index (χ3n) is 7.18. The largest absolute Gasteiger partial charge is 0.308 e. The van der Waals surface area contributed by atoms with E-state index in [1.807, 2.05) is 0 Å². The van der Waals surface area contributed by atoms with Crippen LogP contribution in [0.15, 0.2) is 158 Å². The molecular formula is C36H26N2. The first-order valence-corrected chi connectivity index (χ1v) is 13.0. The van der Waals surface area contributed by atoms with Gasteiger partial charge >= 0.3 is 0 Å². The lowest BCUT2D eigenvalue weighted by Crippen LogP contribution is -2.11. The van der Waals surface area contributed by atoms with E-state index in [4.69, 9.17) is 0 Å². The molecule has 0 aliphatic rings. The number of hydrogen-bond acceptors (Lipinski definition) is 1. The summed E-state index contributed by atoms with van der Waals surface area (Å²) in [5.74, 6) is 0. The molecule has 0 unspecified atom stereocenters. The molecule has 0 saturated heterocycles. The fourth-order valence-electron chi connectivity index (χ4n) is 5.46. The first kappa shape index (κ1) is 22.1. The van der Waals surface area contributed by atoms with Crippen molar-refractivity contribution in [2.24, 2.45) is 0 Å². The van der Waals surface area contributed by atoms with Gasteiger partial charge < -0.3 is 9.47 Å². The van der Waals surface area contributed by atoms with E-state index in [2.05, 4.69) is 167 Å². The average Bonchev–Trinajstić information content (AvgIpc) is 3.34. The number of anilines is 3. The number of benzene rings is 6. The molecule has 2 nitrogen and oxygen atoms in total. The summed E-state index contributed by atoms with van der Waals surface area (Å²) in [6.45, 7) is 0. The van der Waals surface area contributed by atoms with Crippen LogP contribution in [0.25, 0.3) is 38.6 Å². The highest BCUT2D eigenvalue weighted by molar-refractivity contribution is 6.14. The summed E-state index contributed by atoms with van der Waals surface area (Å²) >= 11 is 0. The lowest BCUT2D eigenvalue weighted by Gasteiger charge is -2.27. The Kier molecular flexibility index (Phi) is 5.49. The van der Waals surface area contributed by atoms with Crippen LogP contribution in [0.1, 0.15) is 0 Å². The van der Waals surface area contributed by atoms with Gasteiger partial charge in [0.2, 0.25) is 0 Å². The van der Waals surface area contributed by atoms with Crippen LogP contribution in [0.2, 0.25) is 0 Å². The van der Waals surface area contributed by atoms with E-state index in [0.29, 0.717) is 0 Å². The molecule has 0 aliphatic carbocycles. The van der Waals surface area contributed by atoms with Crippen LogP contribution in [-0.4, -0.2) is 4.57 Å². The van der Waals surface area contributed by atoms with Gasteiger partial charge in [-0.1, -0.05) is 109 Å². The number of rotatable bonds is 5. The molecule has 180 valence electrons. The minimum absolute atomic E-state index is 1.12. The maximum absolute atomic E-state index is 2.40. The molecule has 1 heterocycles. The normalized spacial score (nSPS) is 11.2. The molecule has 1 aromatic heterocycles. The predicted molar refractivity (Wildman–Crippen MR) is 161 cm³/mol. The zero-order valence-electron chi connectivity index (χ0n) is 20.9. The second-order valence-corrected chi connectivity index (χ2v) is 9.45. The van der Waals surface area contributed by atoms with Crippen LogP contribution in [0, 0.1) is 0 Å². The van der Waals surface area contributed by atoms with Crippen molar-refractivity contribution < 1.29 is 0 Å². The molecule has 0 bridgehead atoms. The number of nitrogens with zero attached hydrogens (tertiary/aromatic N) is 2. The van der Waals surface area contributed by atoms with Crippen molar-refractivity contribution in [1.29, 1.82) is 0 Å². The summed E-state index contributed by atoms with van der Waals surface area (Å²) in [7, 11) is 0. The molecule has 0 saturated carbocycles. The Morgan fingerprint density at radius 3 is 1.68 bits per heavy atom. The van der Waals surface area contributed by atoms with Crippen LogP contribution >= 0.6 is 0 Å². The Morgan fingerprint density at radius 2 is 0.947 bits per heavy atom. The molecule has 38 heavy (non-hydrogen) atoms. The fourth-order valence-corrected chi connectivity index (χ4v) is 5.46. The molecule has 7 aromatic rings. The summed E-state index contributed by atoms with van der Waals surface area (Å²) in [5.41, 5.74) is 9.35. The van der Waals surface area contributed by atoms with E-state index in [1.54, 1.807) is 0 Å². The summed E-state index contributed by atoms with van der Waals surface area (Å²) in [5, 5.41) is 2.49. The molecule has 0 fully saturated rings. The molecular weight excluding hydrogens is 460 g/mol. The van der Waals surface area contributed by atoms with Gasteiger partial charge in [0, 0.05) is 27.8 Å². The van der Waals surface area contributed by atoms with Gasteiger partial charge in [-0.3, -0.25) is 0 Å². The van der Waals surface area contributed by atoms with Gasteiger partial charge in [-0.25, -0.2) is 0 Å². The number of aromatic nitrogens is 1. The van der Waals surface area contributed by atoms with Crippen molar-refractivity contribution in [2.45, 2.75) is 0 Å². The van der Waals surface area contributed by atoms with Crippen LogP contribution in [0.5, 0.6) is 0 Å². The fraction of sp³-hybridized carbons (Fsp3) is 0. The SMILES string of the molecule is c1ccc(-c2ccc(N(c3ccccc3)c3cccc4c5ccccc5n(-c5ccccc5)c34)cc2)cc1. The maximum atomic E-state index is 2.40. The summed E-state index contributed by atoms with van der Waals surface area (Å²) in [6, 6.07) is 56.1. The average molecular weight is 487 g/mol. The van der Waals surface area contributed by atoms with E-state index < -0.39 is 0 Å². The monoisotopic (exact) mass is 486 g/mol. The van der Waals surface area contributed by atoms with Gasteiger partial charge in [-0.15, -0.1) is 0 Å². The molecule has 7 rings (SSSR count). The van der Waals surface area contributed by atoms with Crippen molar-refractivity contribution in [1.82, 2.24) is 4.57 Å². The number of fused-ring (bicyclic) bond motifs is 3. The summed E-state index contributed by atoms with van der Waals surface area (Å²) in [6.07, 6.45) is 0. The zero-order chi connectivity index (χ0) is 25.3. The Morgan fingerprint density at radius 1 is 0.395 bits per heavy atom. The van der Waals surface area contributed by atoms with E-state index >= 15 is 0 Å². The molecule has 6 aromatic carbocycles. The van der Waals surface area contributed by atoms with Crippen LogP contribution in [0.4, 0.5) is 17.1 Å². The van der Waals surface area contributed by atoms with Gasteiger partial charge in [0.1, 0.15) is 0 Å². The Hall–Kier alpha value is -5.08. The molecule has 0 N–H and O–H groups in total. The van der Waals surface area contributed by atoms with Crippen molar-refractivity contribution in [3.8, 4) is 16.8 Å². The lowest BCUT2D eigenvalue weighted by atomic mass is 10.0. The molecule has 0 radical (unpaired) electrons. The van der Waals surface area contributed by atoms with E-state index in [9.17, 15) is 0 Å². The van der Waals surface area contributed by atoms with E-state index in [-0.39, 0.29) is 0 Å². The van der Waals surface area contributed by atoms with Gasteiger partial charge in [0.15, 0.2) is 0 Å².